The van der Waals surface area contributed by atoms with Gasteiger partial charge in [-0.05, 0) is 44.9 Å². The summed E-state index contributed by atoms with van der Waals surface area (Å²) >= 11 is 0. The Kier molecular flexibility index (Phi) is 3.80. The maximum Gasteiger partial charge on any atom is 0.120 e. The Bertz CT molecular complexity index is 352. The second kappa shape index (κ2) is 4.89. The highest BCUT2D eigenvalue weighted by atomic mass is 16.5. The lowest BCUT2D eigenvalue weighted by Crippen LogP contribution is -2.22. The molecule has 0 N–H and O–H groups in total. The van der Waals surface area contributed by atoms with Gasteiger partial charge >= 0.3 is 0 Å². The van der Waals surface area contributed by atoms with Crippen LogP contribution in [0.4, 0.5) is 0 Å². The van der Waals surface area contributed by atoms with Gasteiger partial charge in [0.05, 0.1) is 0 Å². The molecule has 0 heterocycles. The molecule has 0 unspecified atom stereocenters. The lowest BCUT2D eigenvalue weighted by Gasteiger charge is -2.21. The topological polar surface area (TPSA) is 9.23 Å². The van der Waals surface area contributed by atoms with Gasteiger partial charge in [0.15, 0.2) is 0 Å². The van der Waals surface area contributed by atoms with E-state index in [4.69, 9.17) is 11.2 Å². The summed E-state index contributed by atoms with van der Waals surface area (Å²) in [6.45, 7) is 6.13. The molecule has 0 aliphatic rings. The predicted molar refractivity (Wildman–Crippen MR) is 64.0 cm³/mol. The number of terminal acetylenes is 1. The molecule has 0 aliphatic heterocycles. The molecule has 15 heavy (non-hydrogen) atoms. The third-order valence-corrected chi connectivity index (χ3v) is 1.88. The molecule has 1 aromatic rings. The molecule has 0 saturated heterocycles. The molecule has 0 spiro atoms. The Labute approximate surface area is 92.5 Å². The molecule has 1 heteroatoms. The van der Waals surface area contributed by atoms with E-state index in [1.54, 1.807) is 0 Å². The van der Waals surface area contributed by atoms with Gasteiger partial charge in [-0.3, -0.25) is 0 Å². The maximum absolute atomic E-state index is 5.77. The number of hydrogen-bond acceptors (Lipinski definition) is 1. The van der Waals surface area contributed by atoms with Crippen LogP contribution in [0.2, 0.25) is 0 Å². The smallest absolute Gasteiger partial charge is 0.120 e. The first kappa shape index (κ1) is 11.7. The highest BCUT2D eigenvalue weighted by molar-refractivity contribution is 5.29. The summed E-state index contributed by atoms with van der Waals surface area (Å²) < 4.78 is 5.77. The quantitative estimate of drug-likeness (QED) is 0.682. The van der Waals surface area contributed by atoms with E-state index in [-0.39, 0.29) is 5.60 Å². The van der Waals surface area contributed by atoms with E-state index in [0.29, 0.717) is 0 Å². The summed E-state index contributed by atoms with van der Waals surface area (Å²) in [5.41, 5.74) is 1.08. The van der Waals surface area contributed by atoms with Crippen LogP contribution in [0.3, 0.4) is 0 Å². The van der Waals surface area contributed by atoms with Gasteiger partial charge in [-0.1, -0.05) is 12.1 Å². The van der Waals surface area contributed by atoms with Crippen molar-refractivity contribution in [3.05, 3.63) is 29.8 Å². The molecule has 0 amide bonds. The summed E-state index contributed by atoms with van der Waals surface area (Å²) in [5, 5.41) is 0. The fraction of sp³-hybridized carbons (Fsp3) is 0.429. The molecule has 0 aliphatic carbocycles. The molecular weight excluding hydrogens is 184 g/mol. The molecular formula is C14H18O. The lowest BCUT2D eigenvalue weighted by atomic mass is 10.1. The molecule has 1 aromatic carbocycles. The van der Waals surface area contributed by atoms with Crippen molar-refractivity contribution in [3.8, 4) is 18.1 Å². The van der Waals surface area contributed by atoms with Gasteiger partial charge in [-0.2, -0.15) is 0 Å². The van der Waals surface area contributed by atoms with Gasteiger partial charge in [0.25, 0.3) is 0 Å². The molecule has 0 atom stereocenters. The van der Waals surface area contributed by atoms with Crippen LogP contribution in [-0.4, -0.2) is 5.60 Å². The SMILES string of the molecule is C#CCCc1cccc(OC(C)(C)C)c1. The highest BCUT2D eigenvalue weighted by Gasteiger charge is 2.11. The Morgan fingerprint density at radius 3 is 2.67 bits per heavy atom. The van der Waals surface area contributed by atoms with Crippen molar-refractivity contribution in [2.75, 3.05) is 0 Å². The largest absolute Gasteiger partial charge is 0.488 e. The van der Waals surface area contributed by atoms with Crippen molar-refractivity contribution < 1.29 is 4.74 Å². The van der Waals surface area contributed by atoms with Gasteiger partial charge in [0.2, 0.25) is 0 Å². The highest BCUT2D eigenvalue weighted by Crippen LogP contribution is 2.19. The predicted octanol–water partition coefficient (Wildman–Crippen LogP) is 3.43. The van der Waals surface area contributed by atoms with E-state index < -0.39 is 0 Å². The van der Waals surface area contributed by atoms with Crippen LogP contribution >= 0.6 is 0 Å². The zero-order valence-electron chi connectivity index (χ0n) is 9.71. The van der Waals surface area contributed by atoms with Crippen LogP contribution in [0.15, 0.2) is 24.3 Å². The summed E-state index contributed by atoms with van der Waals surface area (Å²) in [7, 11) is 0. The Balaban J connectivity index is 2.71. The summed E-state index contributed by atoms with van der Waals surface area (Å²) in [6.07, 6.45) is 6.93. The minimum atomic E-state index is -0.148. The van der Waals surface area contributed by atoms with Crippen LogP contribution < -0.4 is 4.74 Å². The number of aryl methyl sites for hydroxylation is 1. The first-order valence-corrected chi connectivity index (χ1v) is 5.23. The molecule has 1 nitrogen and oxygen atoms in total. The van der Waals surface area contributed by atoms with E-state index in [9.17, 15) is 0 Å². The zero-order chi connectivity index (χ0) is 11.3. The van der Waals surface area contributed by atoms with Crippen LogP contribution in [0, 0.1) is 12.3 Å². The van der Waals surface area contributed by atoms with Crippen LogP contribution in [0.25, 0.3) is 0 Å². The monoisotopic (exact) mass is 202 g/mol. The molecule has 80 valence electrons. The standard InChI is InChI=1S/C14H18O/c1-5-6-8-12-9-7-10-13(11-12)15-14(2,3)4/h1,7,9-11H,6,8H2,2-4H3. The molecule has 1 rings (SSSR count). The Morgan fingerprint density at radius 2 is 2.07 bits per heavy atom. The maximum atomic E-state index is 5.77. The molecule has 0 radical (unpaired) electrons. The summed E-state index contributed by atoms with van der Waals surface area (Å²) in [6, 6.07) is 8.12. The second-order valence-electron chi connectivity index (χ2n) is 4.57. The van der Waals surface area contributed by atoms with Gasteiger partial charge in [-0.15, -0.1) is 12.3 Å². The number of ether oxygens (including phenoxy) is 1. The van der Waals surface area contributed by atoms with E-state index in [0.717, 1.165) is 18.6 Å². The van der Waals surface area contributed by atoms with Crippen molar-refractivity contribution >= 4 is 0 Å². The Morgan fingerprint density at radius 1 is 1.33 bits per heavy atom. The summed E-state index contributed by atoms with van der Waals surface area (Å²) in [4.78, 5) is 0. The second-order valence-corrected chi connectivity index (χ2v) is 4.57. The molecule has 0 bridgehead atoms. The fourth-order valence-corrected chi connectivity index (χ4v) is 1.33. The van der Waals surface area contributed by atoms with Crippen LogP contribution in [0.5, 0.6) is 5.75 Å². The van der Waals surface area contributed by atoms with Crippen molar-refractivity contribution in [2.24, 2.45) is 0 Å². The third kappa shape index (κ3) is 4.56. The lowest BCUT2D eigenvalue weighted by molar-refractivity contribution is 0.131. The van der Waals surface area contributed by atoms with Gasteiger partial charge < -0.3 is 4.74 Å². The van der Waals surface area contributed by atoms with Gasteiger partial charge in [-0.25, -0.2) is 0 Å². The van der Waals surface area contributed by atoms with E-state index in [2.05, 4.69) is 18.1 Å². The average Bonchev–Trinajstić information content (AvgIpc) is 2.12. The van der Waals surface area contributed by atoms with Crippen molar-refractivity contribution in [3.63, 3.8) is 0 Å². The number of hydrogen-bond donors (Lipinski definition) is 0. The Hall–Kier alpha value is -1.42. The normalized spacial score (nSPS) is 10.8. The average molecular weight is 202 g/mol. The molecule has 0 fully saturated rings. The first-order chi connectivity index (χ1) is 7.01. The van der Waals surface area contributed by atoms with Crippen LogP contribution in [-0.2, 0) is 6.42 Å². The fourth-order valence-electron chi connectivity index (χ4n) is 1.33. The zero-order valence-corrected chi connectivity index (χ0v) is 9.71. The van der Waals surface area contributed by atoms with Crippen molar-refractivity contribution in [2.45, 2.75) is 39.2 Å². The minimum absolute atomic E-state index is 0.148. The van der Waals surface area contributed by atoms with Gasteiger partial charge in [0, 0.05) is 6.42 Å². The van der Waals surface area contributed by atoms with Crippen molar-refractivity contribution in [1.82, 2.24) is 0 Å². The van der Waals surface area contributed by atoms with Gasteiger partial charge in [0.1, 0.15) is 11.4 Å². The number of rotatable bonds is 3. The minimum Gasteiger partial charge on any atom is -0.488 e. The van der Waals surface area contributed by atoms with Crippen LogP contribution in [0.1, 0.15) is 32.8 Å². The molecule has 0 saturated carbocycles. The summed E-state index contributed by atoms with van der Waals surface area (Å²) in [5.74, 6) is 3.56. The van der Waals surface area contributed by atoms with E-state index in [1.165, 1.54) is 5.56 Å². The van der Waals surface area contributed by atoms with E-state index in [1.807, 2.05) is 32.9 Å². The molecule has 0 aromatic heterocycles. The van der Waals surface area contributed by atoms with E-state index >= 15 is 0 Å². The first-order valence-electron chi connectivity index (χ1n) is 5.23. The van der Waals surface area contributed by atoms with Crippen molar-refractivity contribution in [1.29, 1.82) is 0 Å². The third-order valence-electron chi connectivity index (χ3n) is 1.88. The number of benzene rings is 1.